The van der Waals surface area contributed by atoms with E-state index in [2.05, 4.69) is 10.3 Å². The molecular formula is C22H17F3N2O3. The number of anilines is 1. The minimum atomic E-state index is -4.41. The Balaban J connectivity index is 1.59. The van der Waals surface area contributed by atoms with E-state index in [0.717, 1.165) is 17.7 Å². The van der Waals surface area contributed by atoms with Crippen molar-refractivity contribution in [3.05, 3.63) is 89.0 Å². The molecule has 0 saturated carbocycles. The van der Waals surface area contributed by atoms with E-state index in [1.54, 1.807) is 18.2 Å². The molecule has 1 N–H and O–H groups in total. The van der Waals surface area contributed by atoms with Gasteiger partial charge in [0.2, 0.25) is 5.91 Å². The fourth-order valence-electron chi connectivity index (χ4n) is 2.65. The van der Waals surface area contributed by atoms with Gasteiger partial charge in [0, 0.05) is 18.1 Å². The number of rotatable bonds is 6. The highest BCUT2D eigenvalue weighted by Gasteiger charge is 2.29. The molecule has 0 atom stereocenters. The molecule has 0 spiro atoms. The Hall–Kier alpha value is -3.68. The van der Waals surface area contributed by atoms with Gasteiger partial charge in [-0.1, -0.05) is 30.3 Å². The van der Waals surface area contributed by atoms with Crippen molar-refractivity contribution < 1.29 is 27.2 Å². The summed E-state index contributed by atoms with van der Waals surface area (Å²) >= 11 is 0. The molecule has 0 bridgehead atoms. The maximum Gasteiger partial charge on any atom is 0.416 e. The van der Waals surface area contributed by atoms with Crippen molar-refractivity contribution in [2.75, 3.05) is 5.32 Å². The van der Waals surface area contributed by atoms with Crippen molar-refractivity contribution in [1.82, 2.24) is 4.98 Å². The van der Waals surface area contributed by atoms with Gasteiger partial charge in [0.1, 0.15) is 6.26 Å². The van der Waals surface area contributed by atoms with E-state index in [-0.39, 0.29) is 11.6 Å². The number of nitrogens with zero attached hydrogens (tertiary/aromatic N) is 1. The van der Waals surface area contributed by atoms with Crippen LogP contribution in [0.25, 0.3) is 6.08 Å². The number of carbonyl (C=O) groups is 2. The average molecular weight is 414 g/mol. The highest BCUT2D eigenvalue weighted by Crippen LogP contribution is 2.29. The molecule has 30 heavy (non-hydrogen) atoms. The Bertz CT molecular complexity index is 1080. The molecule has 1 amide bonds. The van der Waals surface area contributed by atoms with Gasteiger partial charge in [0.15, 0.2) is 17.5 Å². The molecule has 0 aliphatic heterocycles. The molecule has 154 valence electrons. The third kappa shape index (κ3) is 5.66. The number of halogens is 3. The summed E-state index contributed by atoms with van der Waals surface area (Å²) in [6.07, 6.45) is -0.193. The third-order valence-electron chi connectivity index (χ3n) is 4.16. The van der Waals surface area contributed by atoms with Gasteiger partial charge in [-0.25, -0.2) is 0 Å². The zero-order chi connectivity index (χ0) is 21.7. The summed E-state index contributed by atoms with van der Waals surface area (Å²) in [6, 6.07) is 11.5. The van der Waals surface area contributed by atoms with Crippen molar-refractivity contribution in [2.24, 2.45) is 0 Å². The van der Waals surface area contributed by atoms with Crippen molar-refractivity contribution in [2.45, 2.75) is 19.5 Å². The molecule has 2 aromatic carbocycles. The van der Waals surface area contributed by atoms with Crippen molar-refractivity contribution >= 4 is 23.6 Å². The molecule has 0 unspecified atom stereocenters. The molecule has 0 aliphatic rings. The Morgan fingerprint density at radius 1 is 1.13 bits per heavy atom. The molecule has 8 heteroatoms. The second-order valence-corrected chi connectivity index (χ2v) is 6.50. The van der Waals surface area contributed by atoms with Gasteiger partial charge in [-0.15, -0.1) is 0 Å². The first-order valence-electron chi connectivity index (χ1n) is 8.91. The Kier molecular flexibility index (Phi) is 6.15. The van der Waals surface area contributed by atoms with Crippen LogP contribution in [0.4, 0.5) is 19.0 Å². The molecule has 1 aromatic heterocycles. The predicted octanol–water partition coefficient (Wildman–Crippen LogP) is 5.14. The van der Waals surface area contributed by atoms with Gasteiger partial charge >= 0.3 is 6.18 Å². The summed E-state index contributed by atoms with van der Waals surface area (Å²) < 4.78 is 43.0. The molecule has 1 heterocycles. The van der Waals surface area contributed by atoms with Gasteiger partial charge in [0.25, 0.3) is 0 Å². The molecule has 0 saturated heterocycles. The van der Waals surface area contributed by atoms with E-state index in [0.29, 0.717) is 23.4 Å². The minimum Gasteiger partial charge on any atom is -0.446 e. The first-order valence-corrected chi connectivity index (χ1v) is 8.91. The molecule has 0 radical (unpaired) electrons. The van der Waals surface area contributed by atoms with Gasteiger partial charge in [-0.2, -0.15) is 18.2 Å². The number of benzene rings is 2. The van der Waals surface area contributed by atoms with E-state index in [1.807, 2.05) is 6.07 Å². The Morgan fingerprint density at radius 3 is 2.53 bits per heavy atom. The van der Waals surface area contributed by atoms with Gasteiger partial charge in [0.05, 0.1) is 5.56 Å². The molecule has 0 fully saturated rings. The van der Waals surface area contributed by atoms with E-state index in [4.69, 9.17) is 4.42 Å². The number of hydrogen-bond donors (Lipinski definition) is 1. The van der Waals surface area contributed by atoms with Crippen LogP contribution in [-0.4, -0.2) is 16.7 Å². The SMILES string of the molecule is CC(=O)c1cccc(Cc2nc(NC(=O)/C=C/c3ccc(C(F)(F)F)cc3)co2)c1. The van der Waals surface area contributed by atoms with Crippen LogP contribution in [-0.2, 0) is 17.4 Å². The van der Waals surface area contributed by atoms with Crippen LogP contribution >= 0.6 is 0 Å². The predicted molar refractivity (Wildman–Crippen MR) is 105 cm³/mol. The Labute approximate surface area is 170 Å². The van der Waals surface area contributed by atoms with Crippen LogP contribution in [0.2, 0.25) is 0 Å². The van der Waals surface area contributed by atoms with Crippen LogP contribution in [0.3, 0.4) is 0 Å². The van der Waals surface area contributed by atoms with Gasteiger partial charge in [-0.3, -0.25) is 9.59 Å². The largest absolute Gasteiger partial charge is 0.446 e. The van der Waals surface area contributed by atoms with Crippen LogP contribution in [0.1, 0.15) is 39.9 Å². The number of Topliss-reactive ketones (excluding diaryl/α,β-unsaturated/α-hetero) is 1. The van der Waals surface area contributed by atoms with Crippen LogP contribution in [0.15, 0.2) is 65.3 Å². The first kappa shape index (κ1) is 21.0. The lowest BCUT2D eigenvalue weighted by Gasteiger charge is -2.05. The normalized spacial score (nSPS) is 11.6. The summed E-state index contributed by atoms with van der Waals surface area (Å²) in [5, 5.41) is 2.52. The average Bonchev–Trinajstić information content (AvgIpc) is 3.13. The second kappa shape index (κ2) is 8.77. The summed E-state index contributed by atoms with van der Waals surface area (Å²) in [5.41, 5.74) is 1.11. The van der Waals surface area contributed by atoms with Crippen LogP contribution in [0, 0.1) is 0 Å². The molecular weight excluding hydrogens is 397 g/mol. The summed E-state index contributed by atoms with van der Waals surface area (Å²) in [7, 11) is 0. The molecule has 3 aromatic rings. The first-order chi connectivity index (χ1) is 14.2. The van der Waals surface area contributed by atoms with Crippen LogP contribution < -0.4 is 5.32 Å². The quantitative estimate of drug-likeness (QED) is 0.448. The van der Waals surface area contributed by atoms with Gasteiger partial charge < -0.3 is 9.73 Å². The number of carbonyl (C=O) groups excluding carboxylic acids is 2. The maximum atomic E-state index is 12.6. The standard InChI is InChI=1S/C22H17F3N2O3/c1-14(28)17-4-2-3-16(11-17)12-21-27-19(13-30-21)26-20(29)10-7-15-5-8-18(9-6-15)22(23,24)25/h2-11,13H,12H2,1H3,(H,26,29)/b10-7+. The molecule has 3 rings (SSSR count). The molecule has 5 nitrogen and oxygen atoms in total. The lowest BCUT2D eigenvalue weighted by molar-refractivity contribution is -0.137. The molecule has 0 aliphatic carbocycles. The van der Waals surface area contributed by atoms with E-state index in [1.165, 1.54) is 37.5 Å². The topological polar surface area (TPSA) is 72.2 Å². The second-order valence-electron chi connectivity index (χ2n) is 6.50. The van der Waals surface area contributed by atoms with E-state index in [9.17, 15) is 22.8 Å². The highest BCUT2D eigenvalue weighted by atomic mass is 19.4. The fourth-order valence-corrected chi connectivity index (χ4v) is 2.65. The van der Waals surface area contributed by atoms with E-state index < -0.39 is 17.6 Å². The number of amides is 1. The van der Waals surface area contributed by atoms with E-state index >= 15 is 0 Å². The smallest absolute Gasteiger partial charge is 0.416 e. The van der Waals surface area contributed by atoms with Crippen molar-refractivity contribution in [3.8, 4) is 0 Å². The maximum absolute atomic E-state index is 12.6. The third-order valence-corrected chi connectivity index (χ3v) is 4.16. The number of ketones is 1. The zero-order valence-corrected chi connectivity index (χ0v) is 15.9. The summed E-state index contributed by atoms with van der Waals surface area (Å²) in [4.78, 5) is 27.6. The minimum absolute atomic E-state index is 0.0444. The van der Waals surface area contributed by atoms with Crippen molar-refractivity contribution in [3.63, 3.8) is 0 Å². The number of oxazole rings is 1. The van der Waals surface area contributed by atoms with Crippen molar-refractivity contribution in [1.29, 1.82) is 0 Å². The number of aromatic nitrogens is 1. The monoisotopic (exact) mass is 414 g/mol. The number of hydrogen-bond acceptors (Lipinski definition) is 4. The zero-order valence-electron chi connectivity index (χ0n) is 15.9. The Morgan fingerprint density at radius 2 is 1.87 bits per heavy atom. The van der Waals surface area contributed by atoms with Gasteiger partial charge in [-0.05, 0) is 42.3 Å². The number of nitrogens with one attached hydrogen (secondary N) is 1. The number of alkyl halides is 3. The summed E-state index contributed by atoms with van der Waals surface area (Å²) in [5.74, 6) is 0.0119. The van der Waals surface area contributed by atoms with Crippen LogP contribution in [0.5, 0.6) is 0 Å². The highest BCUT2D eigenvalue weighted by molar-refractivity contribution is 6.01. The summed E-state index contributed by atoms with van der Waals surface area (Å²) in [6.45, 7) is 1.48. The fraction of sp³-hybridized carbons (Fsp3) is 0.136. The lowest BCUT2D eigenvalue weighted by atomic mass is 10.1. The lowest BCUT2D eigenvalue weighted by Crippen LogP contribution is -2.08.